The van der Waals surface area contributed by atoms with Crippen LogP contribution in [0.2, 0.25) is 0 Å². The first kappa shape index (κ1) is 15.3. The van der Waals surface area contributed by atoms with E-state index in [-0.39, 0.29) is 23.1 Å². The fourth-order valence-corrected chi connectivity index (χ4v) is 2.68. The molecule has 0 radical (unpaired) electrons. The number of nitrogens with one attached hydrogen (secondary N) is 2. The molecular weight excluding hydrogens is 292 g/mol. The maximum absolute atomic E-state index is 12.5. The van der Waals surface area contributed by atoms with Gasteiger partial charge in [0.15, 0.2) is 0 Å². The second kappa shape index (κ2) is 6.28. The van der Waals surface area contributed by atoms with E-state index in [9.17, 15) is 9.59 Å². The van der Waals surface area contributed by atoms with Crippen LogP contribution in [0.3, 0.4) is 0 Å². The molecule has 1 amide bonds. The van der Waals surface area contributed by atoms with Crippen molar-refractivity contribution in [2.75, 3.05) is 7.11 Å². The summed E-state index contributed by atoms with van der Waals surface area (Å²) in [5, 5.41) is 3.01. The second-order valence-corrected chi connectivity index (χ2v) is 5.95. The van der Waals surface area contributed by atoms with Gasteiger partial charge in [0, 0.05) is 5.69 Å². The van der Waals surface area contributed by atoms with Crippen molar-refractivity contribution in [1.29, 1.82) is 0 Å². The third-order valence-electron chi connectivity index (χ3n) is 4.15. The number of aromatic amines is 1. The molecule has 0 aliphatic heterocycles. The minimum atomic E-state index is -0.355. The first-order chi connectivity index (χ1) is 11.1. The topological polar surface area (TPSA) is 71.2 Å². The first-order valence-electron chi connectivity index (χ1n) is 7.73. The Hall–Kier alpha value is -2.56. The van der Waals surface area contributed by atoms with E-state index in [1.807, 2.05) is 24.3 Å². The summed E-state index contributed by atoms with van der Waals surface area (Å²) in [5.74, 6) is 0.875. The molecule has 1 aromatic carbocycles. The molecule has 1 aromatic heterocycles. The van der Waals surface area contributed by atoms with Crippen molar-refractivity contribution in [2.45, 2.75) is 25.8 Å². The first-order valence-corrected chi connectivity index (χ1v) is 7.73. The Morgan fingerprint density at radius 3 is 2.48 bits per heavy atom. The van der Waals surface area contributed by atoms with Crippen LogP contribution in [-0.4, -0.2) is 18.0 Å². The molecule has 1 saturated carbocycles. The van der Waals surface area contributed by atoms with Crippen LogP contribution < -0.4 is 15.6 Å². The highest BCUT2D eigenvalue weighted by molar-refractivity contribution is 5.94. The number of rotatable bonds is 5. The van der Waals surface area contributed by atoms with Gasteiger partial charge >= 0.3 is 0 Å². The lowest BCUT2D eigenvalue weighted by Crippen LogP contribution is -2.33. The Morgan fingerprint density at radius 2 is 1.91 bits per heavy atom. The van der Waals surface area contributed by atoms with E-state index in [1.54, 1.807) is 26.2 Å². The number of hydrogen-bond acceptors (Lipinski definition) is 3. The van der Waals surface area contributed by atoms with Gasteiger partial charge in [-0.15, -0.1) is 0 Å². The fourth-order valence-electron chi connectivity index (χ4n) is 2.68. The van der Waals surface area contributed by atoms with Crippen LogP contribution in [0.5, 0.6) is 5.75 Å². The average Bonchev–Trinajstić information content (AvgIpc) is 3.37. The molecular formula is C18H20N2O3. The summed E-state index contributed by atoms with van der Waals surface area (Å²) in [6, 6.07) is 10.9. The number of H-pyrrole nitrogens is 1. The normalized spacial score (nSPS) is 15.0. The van der Waals surface area contributed by atoms with Crippen molar-refractivity contribution in [3.63, 3.8) is 0 Å². The predicted molar refractivity (Wildman–Crippen MR) is 87.7 cm³/mol. The summed E-state index contributed by atoms with van der Waals surface area (Å²) >= 11 is 0. The quantitative estimate of drug-likeness (QED) is 0.891. The zero-order valence-electron chi connectivity index (χ0n) is 13.3. The molecule has 0 bridgehead atoms. The largest absolute Gasteiger partial charge is 0.497 e. The lowest BCUT2D eigenvalue weighted by molar-refractivity contribution is 0.0930. The summed E-state index contributed by atoms with van der Waals surface area (Å²) in [7, 11) is 1.62. The van der Waals surface area contributed by atoms with Crippen molar-refractivity contribution in [3.05, 3.63) is 63.6 Å². The van der Waals surface area contributed by atoms with Crippen LogP contribution in [0.4, 0.5) is 0 Å². The standard InChI is InChI=1S/C18H20N2O3/c1-11-3-10-15(17(21)19-11)18(22)20-16(12-4-5-12)13-6-8-14(23-2)9-7-13/h3,6-10,12,16H,4-5H2,1-2H3,(H,19,21)(H,20,22)/t16-/m0/s1. The van der Waals surface area contributed by atoms with Crippen LogP contribution in [-0.2, 0) is 0 Å². The van der Waals surface area contributed by atoms with Gasteiger partial charge in [-0.1, -0.05) is 12.1 Å². The summed E-state index contributed by atoms with van der Waals surface area (Å²) in [6.07, 6.45) is 2.17. The molecule has 23 heavy (non-hydrogen) atoms. The second-order valence-electron chi connectivity index (χ2n) is 5.95. The molecule has 1 fully saturated rings. The van der Waals surface area contributed by atoms with Crippen molar-refractivity contribution in [1.82, 2.24) is 10.3 Å². The SMILES string of the molecule is COc1ccc([C@@H](NC(=O)c2ccc(C)[nH]c2=O)C2CC2)cc1. The highest BCUT2D eigenvalue weighted by Crippen LogP contribution is 2.41. The molecule has 1 heterocycles. The van der Waals surface area contributed by atoms with Crippen molar-refractivity contribution < 1.29 is 9.53 Å². The van der Waals surface area contributed by atoms with E-state index in [0.29, 0.717) is 5.92 Å². The van der Waals surface area contributed by atoms with Gasteiger partial charge < -0.3 is 15.0 Å². The van der Waals surface area contributed by atoms with Gasteiger partial charge in [-0.25, -0.2) is 0 Å². The molecule has 120 valence electrons. The number of carbonyl (C=O) groups is 1. The van der Waals surface area contributed by atoms with Gasteiger partial charge in [0.05, 0.1) is 13.2 Å². The van der Waals surface area contributed by atoms with Gasteiger partial charge in [0.2, 0.25) is 0 Å². The Labute approximate surface area is 134 Å². The summed E-state index contributed by atoms with van der Waals surface area (Å²) in [4.78, 5) is 27.1. The minimum Gasteiger partial charge on any atom is -0.497 e. The van der Waals surface area contributed by atoms with Crippen LogP contribution in [0.25, 0.3) is 0 Å². The van der Waals surface area contributed by atoms with Crippen molar-refractivity contribution in [2.24, 2.45) is 5.92 Å². The van der Waals surface area contributed by atoms with E-state index in [0.717, 1.165) is 29.8 Å². The maximum atomic E-state index is 12.5. The zero-order valence-corrected chi connectivity index (χ0v) is 13.3. The lowest BCUT2D eigenvalue weighted by atomic mass is 10.0. The van der Waals surface area contributed by atoms with Gasteiger partial charge in [-0.3, -0.25) is 9.59 Å². The number of aromatic nitrogens is 1. The molecule has 1 atom stereocenters. The molecule has 1 aliphatic rings. The average molecular weight is 312 g/mol. The number of pyridine rings is 1. The number of benzene rings is 1. The van der Waals surface area contributed by atoms with Crippen molar-refractivity contribution in [3.8, 4) is 5.75 Å². The number of aryl methyl sites for hydroxylation is 1. The van der Waals surface area contributed by atoms with Crippen LogP contribution in [0, 0.1) is 12.8 Å². The van der Waals surface area contributed by atoms with Crippen LogP contribution >= 0.6 is 0 Å². The summed E-state index contributed by atoms with van der Waals surface area (Å²) in [6.45, 7) is 1.79. The van der Waals surface area contributed by atoms with E-state index in [4.69, 9.17) is 4.74 Å². The lowest BCUT2D eigenvalue weighted by Gasteiger charge is -2.19. The Balaban J connectivity index is 1.81. The molecule has 5 nitrogen and oxygen atoms in total. The molecule has 5 heteroatoms. The van der Waals surface area contributed by atoms with Gasteiger partial charge in [-0.05, 0) is 55.5 Å². The fraction of sp³-hybridized carbons (Fsp3) is 0.333. The molecule has 1 aliphatic carbocycles. The molecule has 0 saturated heterocycles. The highest BCUT2D eigenvalue weighted by Gasteiger charge is 2.33. The molecule has 3 rings (SSSR count). The monoisotopic (exact) mass is 312 g/mol. The summed E-state index contributed by atoms with van der Waals surface area (Å²) < 4.78 is 5.17. The molecule has 0 spiro atoms. The summed E-state index contributed by atoms with van der Waals surface area (Å²) in [5.41, 5.74) is 1.56. The number of carbonyl (C=O) groups excluding carboxylic acids is 1. The Morgan fingerprint density at radius 1 is 1.22 bits per heavy atom. The van der Waals surface area contributed by atoms with Crippen molar-refractivity contribution >= 4 is 5.91 Å². The van der Waals surface area contributed by atoms with Crippen LogP contribution in [0.1, 0.15) is 40.5 Å². The van der Waals surface area contributed by atoms with E-state index in [1.165, 1.54) is 0 Å². The van der Waals surface area contributed by atoms with Gasteiger partial charge in [0.1, 0.15) is 11.3 Å². The van der Waals surface area contributed by atoms with Gasteiger partial charge in [-0.2, -0.15) is 0 Å². The number of hydrogen-bond donors (Lipinski definition) is 2. The number of ether oxygens (including phenoxy) is 1. The minimum absolute atomic E-state index is 0.0749. The van der Waals surface area contributed by atoms with Crippen LogP contribution in [0.15, 0.2) is 41.2 Å². The maximum Gasteiger partial charge on any atom is 0.260 e. The predicted octanol–water partition coefficient (Wildman–Crippen LogP) is 2.57. The third kappa shape index (κ3) is 3.44. The van der Waals surface area contributed by atoms with E-state index >= 15 is 0 Å². The Kier molecular flexibility index (Phi) is 4.19. The van der Waals surface area contributed by atoms with E-state index < -0.39 is 0 Å². The third-order valence-corrected chi connectivity index (χ3v) is 4.15. The molecule has 2 N–H and O–H groups in total. The highest BCUT2D eigenvalue weighted by atomic mass is 16.5. The number of methoxy groups -OCH3 is 1. The zero-order chi connectivity index (χ0) is 16.4. The number of amides is 1. The molecule has 2 aromatic rings. The Bertz CT molecular complexity index is 761. The van der Waals surface area contributed by atoms with E-state index in [2.05, 4.69) is 10.3 Å². The molecule has 0 unspecified atom stereocenters. The van der Waals surface area contributed by atoms with Gasteiger partial charge in [0.25, 0.3) is 11.5 Å². The smallest absolute Gasteiger partial charge is 0.260 e.